The number of thiazole rings is 1. The molecule has 2 aliphatic rings. The van der Waals surface area contributed by atoms with Gasteiger partial charge in [-0.15, -0.1) is 0 Å². The number of amides is 1. The van der Waals surface area contributed by atoms with E-state index in [1.165, 1.54) is 10.3 Å². The first-order chi connectivity index (χ1) is 18.3. The summed E-state index contributed by atoms with van der Waals surface area (Å²) in [4.78, 5) is 22.4. The molecule has 0 saturated carbocycles. The highest BCUT2D eigenvalue weighted by molar-refractivity contribution is 7.89. The maximum atomic E-state index is 13.0. The molecule has 2 aromatic carbocycles. The van der Waals surface area contributed by atoms with Gasteiger partial charge in [-0.2, -0.15) is 4.31 Å². The molecule has 3 heterocycles. The maximum absolute atomic E-state index is 13.0. The van der Waals surface area contributed by atoms with E-state index in [1.54, 1.807) is 39.9 Å². The number of aryl methyl sites for hydroxylation is 1. The molecule has 1 atom stereocenters. The molecular formula is C28H37N5O3S2. The topological polar surface area (TPSA) is 85.9 Å². The van der Waals surface area contributed by atoms with Crippen molar-refractivity contribution in [3.05, 3.63) is 53.6 Å². The van der Waals surface area contributed by atoms with Crippen LogP contribution in [0.2, 0.25) is 0 Å². The van der Waals surface area contributed by atoms with Crippen LogP contribution in [0.5, 0.6) is 0 Å². The number of carbonyl (C=O) groups excluding carboxylic acids is 1. The molecule has 2 aliphatic heterocycles. The number of anilines is 1. The van der Waals surface area contributed by atoms with Gasteiger partial charge in [0.25, 0.3) is 5.91 Å². The number of sulfonamides is 1. The van der Waals surface area contributed by atoms with Gasteiger partial charge in [0.05, 0.1) is 15.1 Å². The second kappa shape index (κ2) is 11.7. The van der Waals surface area contributed by atoms with Crippen LogP contribution in [0.3, 0.4) is 0 Å². The number of piperidine rings is 1. The Hall–Kier alpha value is -2.53. The van der Waals surface area contributed by atoms with Crippen LogP contribution >= 0.6 is 11.3 Å². The molecule has 2 saturated heterocycles. The van der Waals surface area contributed by atoms with E-state index in [0.717, 1.165) is 62.6 Å². The molecule has 3 aromatic rings. The zero-order valence-electron chi connectivity index (χ0n) is 22.2. The third-order valence-electron chi connectivity index (χ3n) is 7.58. The Balaban J connectivity index is 1.08. The van der Waals surface area contributed by atoms with Gasteiger partial charge >= 0.3 is 0 Å². The summed E-state index contributed by atoms with van der Waals surface area (Å²) in [6.45, 7) is 10.4. The Morgan fingerprint density at radius 1 is 1.08 bits per heavy atom. The molecule has 8 nitrogen and oxygen atoms in total. The quantitative estimate of drug-likeness (QED) is 0.455. The zero-order chi connectivity index (χ0) is 26.7. The number of benzene rings is 2. The third-order valence-corrected chi connectivity index (χ3v) is 10.5. The number of aromatic nitrogens is 1. The highest BCUT2D eigenvalue weighted by atomic mass is 32.2. The van der Waals surface area contributed by atoms with Gasteiger partial charge < -0.3 is 10.2 Å². The van der Waals surface area contributed by atoms with Gasteiger partial charge in [0, 0.05) is 57.9 Å². The summed E-state index contributed by atoms with van der Waals surface area (Å²) in [6.07, 6.45) is 2.98. The van der Waals surface area contributed by atoms with E-state index < -0.39 is 10.0 Å². The Morgan fingerprint density at radius 3 is 2.55 bits per heavy atom. The highest BCUT2D eigenvalue weighted by Gasteiger charge is 2.28. The van der Waals surface area contributed by atoms with Gasteiger partial charge in [-0.3, -0.25) is 9.69 Å². The van der Waals surface area contributed by atoms with E-state index in [0.29, 0.717) is 31.1 Å². The lowest BCUT2D eigenvalue weighted by Gasteiger charge is -2.34. The molecule has 0 aliphatic carbocycles. The minimum atomic E-state index is -3.52. The third kappa shape index (κ3) is 6.03. The van der Waals surface area contributed by atoms with Gasteiger partial charge in [-0.05, 0) is 67.1 Å². The maximum Gasteiger partial charge on any atom is 0.251 e. The molecule has 1 unspecified atom stereocenters. The van der Waals surface area contributed by atoms with Crippen LogP contribution in [-0.4, -0.2) is 80.9 Å². The molecule has 0 bridgehead atoms. The lowest BCUT2D eigenvalue weighted by atomic mass is 10.0. The van der Waals surface area contributed by atoms with Crippen LogP contribution in [0, 0.1) is 5.92 Å². The number of hydrogen-bond donors (Lipinski definition) is 1. The Morgan fingerprint density at radius 2 is 1.84 bits per heavy atom. The predicted molar refractivity (Wildman–Crippen MR) is 154 cm³/mol. The number of piperazine rings is 1. The molecular weight excluding hydrogens is 518 g/mol. The average molecular weight is 556 g/mol. The van der Waals surface area contributed by atoms with Crippen molar-refractivity contribution in [1.82, 2.24) is 19.5 Å². The molecule has 2 fully saturated rings. The molecule has 204 valence electrons. The molecule has 1 aromatic heterocycles. The van der Waals surface area contributed by atoms with E-state index in [-0.39, 0.29) is 10.8 Å². The van der Waals surface area contributed by atoms with E-state index in [1.807, 2.05) is 0 Å². The second-order valence-electron chi connectivity index (χ2n) is 10.4. The zero-order valence-corrected chi connectivity index (χ0v) is 23.9. The molecule has 38 heavy (non-hydrogen) atoms. The number of carbonyl (C=O) groups is 1. The van der Waals surface area contributed by atoms with Crippen molar-refractivity contribution in [1.29, 1.82) is 0 Å². The number of hydrogen-bond acceptors (Lipinski definition) is 7. The SMILES string of the molecule is CCc1ccc2nc(N3CCN(CCNC(=O)c4ccc(S(=O)(=O)N5CCCC(C)C5)cc4)CC3)sc2c1. The van der Waals surface area contributed by atoms with E-state index in [2.05, 4.69) is 47.2 Å². The lowest BCUT2D eigenvalue weighted by molar-refractivity contribution is 0.0947. The predicted octanol–water partition coefficient (Wildman–Crippen LogP) is 3.83. The van der Waals surface area contributed by atoms with Crippen LogP contribution in [0.15, 0.2) is 47.4 Å². The van der Waals surface area contributed by atoms with E-state index in [4.69, 9.17) is 4.98 Å². The minimum absolute atomic E-state index is 0.180. The van der Waals surface area contributed by atoms with Gasteiger partial charge in [0.1, 0.15) is 0 Å². The summed E-state index contributed by atoms with van der Waals surface area (Å²) in [5.74, 6) is 0.188. The van der Waals surface area contributed by atoms with Crippen molar-refractivity contribution in [2.75, 3.05) is 57.3 Å². The van der Waals surface area contributed by atoms with Gasteiger partial charge in [-0.1, -0.05) is 31.3 Å². The number of nitrogens with zero attached hydrogens (tertiary/aromatic N) is 4. The summed E-state index contributed by atoms with van der Waals surface area (Å²) in [5.41, 5.74) is 2.88. The Kier molecular flexibility index (Phi) is 8.32. The Bertz CT molecular complexity index is 1360. The van der Waals surface area contributed by atoms with Crippen molar-refractivity contribution >= 4 is 42.6 Å². The summed E-state index contributed by atoms with van der Waals surface area (Å²) >= 11 is 1.76. The molecule has 1 amide bonds. The smallest absolute Gasteiger partial charge is 0.251 e. The second-order valence-corrected chi connectivity index (χ2v) is 13.3. The van der Waals surface area contributed by atoms with Crippen LogP contribution in [0.4, 0.5) is 5.13 Å². The van der Waals surface area contributed by atoms with E-state index >= 15 is 0 Å². The minimum Gasteiger partial charge on any atom is -0.351 e. The Labute approximate surface area is 229 Å². The lowest BCUT2D eigenvalue weighted by Crippen LogP contribution is -2.48. The molecule has 0 spiro atoms. The normalized spacial score (nSPS) is 19.6. The van der Waals surface area contributed by atoms with Crippen molar-refractivity contribution in [3.8, 4) is 0 Å². The molecule has 1 N–H and O–H groups in total. The van der Waals surface area contributed by atoms with Crippen LogP contribution in [0.25, 0.3) is 10.2 Å². The van der Waals surface area contributed by atoms with Gasteiger partial charge in [0.15, 0.2) is 5.13 Å². The molecule has 5 rings (SSSR count). The van der Waals surface area contributed by atoms with Crippen LogP contribution in [-0.2, 0) is 16.4 Å². The monoisotopic (exact) mass is 555 g/mol. The van der Waals surface area contributed by atoms with Crippen LogP contribution < -0.4 is 10.2 Å². The first-order valence-electron chi connectivity index (χ1n) is 13.6. The van der Waals surface area contributed by atoms with Crippen molar-refractivity contribution < 1.29 is 13.2 Å². The van der Waals surface area contributed by atoms with Gasteiger partial charge in [-0.25, -0.2) is 13.4 Å². The number of nitrogens with one attached hydrogen (secondary N) is 1. The summed E-state index contributed by atoms with van der Waals surface area (Å²) < 4.78 is 28.7. The fourth-order valence-electron chi connectivity index (χ4n) is 5.20. The number of fused-ring (bicyclic) bond motifs is 1. The molecule has 10 heteroatoms. The number of rotatable bonds is 8. The fourth-order valence-corrected chi connectivity index (χ4v) is 7.88. The summed E-state index contributed by atoms with van der Waals surface area (Å²) in [5, 5.41) is 4.07. The summed E-state index contributed by atoms with van der Waals surface area (Å²) in [6, 6.07) is 12.8. The van der Waals surface area contributed by atoms with Crippen molar-refractivity contribution in [3.63, 3.8) is 0 Å². The summed E-state index contributed by atoms with van der Waals surface area (Å²) in [7, 11) is -3.52. The first kappa shape index (κ1) is 27.1. The molecule has 0 radical (unpaired) electrons. The van der Waals surface area contributed by atoms with E-state index in [9.17, 15) is 13.2 Å². The van der Waals surface area contributed by atoms with Crippen LogP contribution in [0.1, 0.15) is 42.6 Å². The largest absolute Gasteiger partial charge is 0.351 e. The first-order valence-corrected chi connectivity index (χ1v) is 15.8. The highest BCUT2D eigenvalue weighted by Crippen LogP contribution is 2.30. The van der Waals surface area contributed by atoms with Gasteiger partial charge in [0.2, 0.25) is 10.0 Å². The van der Waals surface area contributed by atoms with Crippen molar-refractivity contribution in [2.45, 2.75) is 38.0 Å². The standard InChI is InChI=1S/C28H37N5O3S2/c1-3-22-6-11-25-26(19-22)37-28(30-25)32-17-15-31(16-18-32)14-12-29-27(34)23-7-9-24(10-8-23)38(35,36)33-13-4-5-21(2)20-33/h6-11,19,21H,3-5,12-18,20H2,1-2H3,(H,29,34). The average Bonchev–Trinajstić information content (AvgIpc) is 3.37. The van der Waals surface area contributed by atoms with Crippen molar-refractivity contribution in [2.24, 2.45) is 5.92 Å². The fraction of sp³-hybridized carbons (Fsp3) is 0.500.